The van der Waals surface area contributed by atoms with E-state index in [9.17, 15) is 13.6 Å². The van der Waals surface area contributed by atoms with Crippen LogP contribution in [-0.4, -0.2) is 22.9 Å². The summed E-state index contributed by atoms with van der Waals surface area (Å²) in [6.07, 6.45) is -2.64. The third-order valence-corrected chi connectivity index (χ3v) is 1.66. The maximum absolute atomic E-state index is 12.4. The molecule has 0 bridgehead atoms. The van der Waals surface area contributed by atoms with Crippen LogP contribution >= 0.6 is 0 Å². The van der Waals surface area contributed by atoms with Gasteiger partial charge in [-0.3, -0.25) is 9.48 Å². The summed E-state index contributed by atoms with van der Waals surface area (Å²) < 4.78 is 30.1. The van der Waals surface area contributed by atoms with Crippen LogP contribution in [0.1, 0.15) is 17.8 Å². The molecule has 0 amide bonds. The van der Waals surface area contributed by atoms with E-state index in [4.69, 9.17) is 0 Å². The minimum Gasteiger partial charge on any atom is -0.468 e. The highest BCUT2D eigenvalue weighted by molar-refractivity contribution is 5.68. The average molecular weight is 204 g/mol. The predicted molar refractivity (Wildman–Crippen MR) is 43.9 cm³/mol. The van der Waals surface area contributed by atoms with E-state index in [1.165, 1.54) is 13.2 Å². The van der Waals surface area contributed by atoms with Crippen molar-refractivity contribution in [3.63, 3.8) is 0 Å². The molecule has 0 spiro atoms. The molecule has 0 aliphatic carbocycles. The molecule has 1 aromatic rings. The molecule has 78 valence electrons. The fourth-order valence-electron chi connectivity index (χ4n) is 1.05. The molecule has 0 saturated carbocycles. The molecule has 0 radical (unpaired) electrons. The SMILES string of the molecule is COC(=O)Cn1nc(C)cc1C(F)F. The number of halogens is 2. The molecule has 1 aromatic heterocycles. The van der Waals surface area contributed by atoms with Crippen molar-refractivity contribution < 1.29 is 18.3 Å². The van der Waals surface area contributed by atoms with Gasteiger partial charge in [-0.15, -0.1) is 0 Å². The second-order valence-electron chi connectivity index (χ2n) is 2.75. The van der Waals surface area contributed by atoms with Gasteiger partial charge in [-0.05, 0) is 13.0 Å². The second-order valence-corrected chi connectivity index (χ2v) is 2.75. The van der Waals surface area contributed by atoms with E-state index in [1.54, 1.807) is 6.92 Å². The minimum atomic E-state index is -2.64. The maximum Gasteiger partial charge on any atom is 0.327 e. The number of alkyl halides is 2. The van der Waals surface area contributed by atoms with E-state index in [0.29, 0.717) is 5.69 Å². The Morgan fingerprint density at radius 2 is 2.36 bits per heavy atom. The Morgan fingerprint density at radius 1 is 1.71 bits per heavy atom. The van der Waals surface area contributed by atoms with Crippen LogP contribution in [0.3, 0.4) is 0 Å². The van der Waals surface area contributed by atoms with Crippen LogP contribution in [0.4, 0.5) is 8.78 Å². The van der Waals surface area contributed by atoms with Gasteiger partial charge in [0, 0.05) is 0 Å². The molecule has 0 aliphatic heterocycles. The van der Waals surface area contributed by atoms with Crippen molar-refractivity contribution in [2.24, 2.45) is 0 Å². The van der Waals surface area contributed by atoms with Gasteiger partial charge in [0.05, 0.1) is 12.8 Å². The number of aryl methyl sites for hydroxylation is 1. The van der Waals surface area contributed by atoms with E-state index in [-0.39, 0.29) is 12.2 Å². The highest BCUT2D eigenvalue weighted by atomic mass is 19.3. The van der Waals surface area contributed by atoms with Crippen LogP contribution < -0.4 is 0 Å². The number of hydrogen-bond acceptors (Lipinski definition) is 3. The lowest BCUT2D eigenvalue weighted by atomic mass is 10.4. The number of esters is 1. The number of carbonyl (C=O) groups is 1. The van der Waals surface area contributed by atoms with Crippen molar-refractivity contribution in [1.29, 1.82) is 0 Å². The number of methoxy groups -OCH3 is 1. The first-order valence-electron chi connectivity index (χ1n) is 3.94. The van der Waals surface area contributed by atoms with E-state index in [2.05, 4.69) is 9.84 Å². The van der Waals surface area contributed by atoms with Crippen LogP contribution in [0.5, 0.6) is 0 Å². The summed E-state index contributed by atoms with van der Waals surface area (Å²) in [5.41, 5.74) is 0.178. The van der Waals surface area contributed by atoms with Gasteiger partial charge in [-0.1, -0.05) is 0 Å². The molecule has 0 N–H and O–H groups in total. The molecule has 0 unspecified atom stereocenters. The van der Waals surface area contributed by atoms with Crippen molar-refractivity contribution in [3.05, 3.63) is 17.5 Å². The molecule has 0 aromatic carbocycles. The predicted octanol–water partition coefficient (Wildman–Crippen LogP) is 1.30. The minimum absolute atomic E-state index is 0.270. The van der Waals surface area contributed by atoms with Crippen LogP contribution in [-0.2, 0) is 16.1 Å². The third kappa shape index (κ3) is 2.27. The molecule has 1 heterocycles. The number of nitrogens with zero attached hydrogens (tertiary/aromatic N) is 2. The Morgan fingerprint density at radius 3 is 2.86 bits per heavy atom. The molecule has 0 atom stereocenters. The van der Waals surface area contributed by atoms with Crippen LogP contribution in [0.25, 0.3) is 0 Å². The van der Waals surface area contributed by atoms with Crippen molar-refractivity contribution >= 4 is 5.97 Å². The van der Waals surface area contributed by atoms with Gasteiger partial charge in [-0.2, -0.15) is 5.10 Å². The Hall–Kier alpha value is -1.46. The number of ether oxygens (including phenoxy) is 1. The van der Waals surface area contributed by atoms with Gasteiger partial charge in [0.2, 0.25) is 0 Å². The van der Waals surface area contributed by atoms with Crippen molar-refractivity contribution in [2.45, 2.75) is 19.9 Å². The van der Waals surface area contributed by atoms with Crippen LogP contribution in [0, 0.1) is 6.92 Å². The molecule has 0 aliphatic rings. The quantitative estimate of drug-likeness (QED) is 0.697. The number of aromatic nitrogens is 2. The number of carbonyl (C=O) groups excluding carboxylic acids is 1. The molecular weight excluding hydrogens is 194 g/mol. The van der Waals surface area contributed by atoms with Gasteiger partial charge in [0.25, 0.3) is 6.43 Å². The molecule has 6 heteroatoms. The van der Waals surface area contributed by atoms with E-state index < -0.39 is 12.4 Å². The normalized spacial score (nSPS) is 10.6. The van der Waals surface area contributed by atoms with Gasteiger partial charge in [0.15, 0.2) is 0 Å². The lowest BCUT2D eigenvalue weighted by molar-refractivity contribution is -0.141. The zero-order valence-electron chi connectivity index (χ0n) is 7.83. The molecule has 14 heavy (non-hydrogen) atoms. The van der Waals surface area contributed by atoms with Crippen LogP contribution in [0.15, 0.2) is 6.07 Å². The fraction of sp³-hybridized carbons (Fsp3) is 0.500. The summed E-state index contributed by atoms with van der Waals surface area (Å²) in [5.74, 6) is -0.602. The van der Waals surface area contributed by atoms with E-state index in [0.717, 1.165) is 4.68 Å². The molecule has 4 nitrogen and oxygen atoms in total. The largest absolute Gasteiger partial charge is 0.468 e. The van der Waals surface area contributed by atoms with Gasteiger partial charge in [-0.25, -0.2) is 8.78 Å². The van der Waals surface area contributed by atoms with Gasteiger partial charge >= 0.3 is 5.97 Å². The highest BCUT2D eigenvalue weighted by Gasteiger charge is 2.17. The molecule has 0 fully saturated rings. The zero-order chi connectivity index (χ0) is 10.7. The lowest BCUT2D eigenvalue weighted by Gasteiger charge is -2.04. The van der Waals surface area contributed by atoms with Crippen molar-refractivity contribution in [1.82, 2.24) is 9.78 Å². The first-order valence-corrected chi connectivity index (χ1v) is 3.94. The summed E-state index contributed by atoms with van der Waals surface area (Å²) >= 11 is 0. The fourth-order valence-corrected chi connectivity index (χ4v) is 1.05. The van der Waals surface area contributed by atoms with Crippen molar-refractivity contribution in [3.8, 4) is 0 Å². The van der Waals surface area contributed by atoms with Crippen LogP contribution in [0.2, 0.25) is 0 Å². The Labute approximate surface area is 79.5 Å². The van der Waals surface area contributed by atoms with Gasteiger partial charge < -0.3 is 4.74 Å². The second kappa shape index (κ2) is 4.17. The standard InChI is InChI=1S/C8H10F2N2O2/c1-5-3-6(8(9)10)12(11-5)4-7(13)14-2/h3,8H,4H2,1-2H3. The molecule has 0 saturated heterocycles. The summed E-state index contributed by atoms with van der Waals surface area (Å²) in [6, 6.07) is 1.24. The smallest absolute Gasteiger partial charge is 0.327 e. The Kier molecular flexibility index (Phi) is 3.16. The summed E-state index contributed by atoms with van der Waals surface area (Å²) in [7, 11) is 1.20. The molecular formula is C8H10F2N2O2. The highest BCUT2D eigenvalue weighted by Crippen LogP contribution is 2.19. The summed E-state index contributed by atoms with van der Waals surface area (Å²) in [6.45, 7) is 1.30. The maximum atomic E-state index is 12.4. The monoisotopic (exact) mass is 204 g/mol. The summed E-state index contributed by atoms with van der Waals surface area (Å²) in [5, 5.41) is 3.76. The van der Waals surface area contributed by atoms with E-state index in [1.807, 2.05) is 0 Å². The third-order valence-electron chi connectivity index (χ3n) is 1.66. The van der Waals surface area contributed by atoms with Crippen molar-refractivity contribution in [2.75, 3.05) is 7.11 Å². The topological polar surface area (TPSA) is 44.1 Å². The lowest BCUT2D eigenvalue weighted by Crippen LogP contribution is -2.15. The first-order chi connectivity index (χ1) is 6.54. The number of rotatable bonds is 3. The number of hydrogen-bond donors (Lipinski definition) is 0. The zero-order valence-corrected chi connectivity index (χ0v) is 7.83. The first kappa shape index (κ1) is 10.6. The molecule has 1 rings (SSSR count). The average Bonchev–Trinajstić information content (AvgIpc) is 2.46. The summed E-state index contributed by atoms with van der Waals surface area (Å²) in [4.78, 5) is 10.8. The van der Waals surface area contributed by atoms with E-state index >= 15 is 0 Å². The van der Waals surface area contributed by atoms with Gasteiger partial charge in [0.1, 0.15) is 12.2 Å². The Balaban J connectivity index is 2.89. The Bertz CT molecular complexity index is 336.